The van der Waals surface area contributed by atoms with E-state index in [1.165, 1.54) is 23.5 Å². The number of thiazole rings is 1. The first-order valence-electron chi connectivity index (χ1n) is 7.81. The summed E-state index contributed by atoms with van der Waals surface area (Å²) in [7, 11) is 0. The number of rotatable bonds is 3. The molecule has 1 aliphatic heterocycles. The first kappa shape index (κ1) is 21.8. The van der Waals surface area contributed by atoms with E-state index in [4.69, 9.17) is 5.73 Å². The first-order chi connectivity index (χ1) is 11.1. The Morgan fingerprint density at radius 1 is 1.28 bits per heavy atom. The molecule has 0 unspecified atom stereocenters. The number of halogens is 3. The van der Waals surface area contributed by atoms with Gasteiger partial charge in [-0.15, -0.1) is 36.2 Å². The maximum Gasteiger partial charge on any atom is 0.265 e. The van der Waals surface area contributed by atoms with Crippen molar-refractivity contribution in [1.29, 1.82) is 0 Å². The molecule has 25 heavy (non-hydrogen) atoms. The van der Waals surface area contributed by atoms with Crippen molar-refractivity contribution in [1.82, 2.24) is 9.88 Å². The first-order valence-corrected chi connectivity index (χ1v) is 8.63. The predicted molar refractivity (Wildman–Crippen MR) is 104 cm³/mol. The van der Waals surface area contributed by atoms with Crippen LogP contribution in [-0.4, -0.2) is 35.4 Å². The summed E-state index contributed by atoms with van der Waals surface area (Å²) in [6.45, 7) is 4.05. The van der Waals surface area contributed by atoms with Crippen LogP contribution in [0.1, 0.15) is 28.2 Å². The van der Waals surface area contributed by atoms with E-state index in [-0.39, 0.29) is 36.5 Å². The van der Waals surface area contributed by atoms with Gasteiger partial charge in [0.1, 0.15) is 15.7 Å². The van der Waals surface area contributed by atoms with Gasteiger partial charge in [-0.25, -0.2) is 9.37 Å². The van der Waals surface area contributed by atoms with Crippen LogP contribution in [-0.2, 0) is 0 Å². The fourth-order valence-electron chi connectivity index (χ4n) is 2.83. The smallest absolute Gasteiger partial charge is 0.265 e. The topological polar surface area (TPSA) is 59.2 Å². The van der Waals surface area contributed by atoms with E-state index < -0.39 is 0 Å². The Bertz CT molecular complexity index is 700. The average molecular weight is 406 g/mol. The number of nitrogens with zero attached hydrogens (tertiary/aromatic N) is 2. The maximum absolute atomic E-state index is 13.0. The molecule has 0 saturated carbocycles. The average Bonchev–Trinajstić information content (AvgIpc) is 2.96. The minimum atomic E-state index is -0.277. The SMILES string of the molecule is Cc1nc(-c2ccc(F)cc2)sc1C(=O)N1CCC(CN)CC1.Cl.Cl. The van der Waals surface area contributed by atoms with Crippen LogP contribution < -0.4 is 5.73 Å². The van der Waals surface area contributed by atoms with Crippen molar-refractivity contribution < 1.29 is 9.18 Å². The normalized spacial score (nSPS) is 14.6. The molecule has 138 valence electrons. The molecule has 2 N–H and O–H groups in total. The van der Waals surface area contributed by atoms with Crippen molar-refractivity contribution in [2.75, 3.05) is 19.6 Å². The molecule has 1 aromatic heterocycles. The van der Waals surface area contributed by atoms with Gasteiger partial charge in [-0.2, -0.15) is 0 Å². The Balaban J connectivity index is 0.00000156. The lowest BCUT2D eigenvalue weighted by atomic mass is 9.97. The quantitative estimate of drug-likeness (QED) is 0.841. The van der Waals surface area contributed by atoms with Crippen LogP contribution in [0, 0.1) is 18.7 Å². The van der Waals surface area contributed by atoms with Crippen LogP contribution in [0.2, 0.25) is 0 Å². The molecule has 0 atom stereocenters. The van der Waals surface area contributed by atoms with Gasteiger partial charge >= 0.3 is 0 Å². The molecule has 0 radical (unpaired) electrons. The van der Waals surface area contributed by atoms with Gasteiger partial charge in [-0.3, -0.25) is 4.79 Å². The molecule has 1 saturated heterocycles. The molecule has 2 aromatic rings. The van der Waals surface area contributed by atoms with Gasteiger partial charge in [-0.1, -0.05) is 0 Å². The Morgan fingerprint density at radius 2 is 1.88 bits per heavy atom. The molecular weight excluding hydrogens is 384 g/mol. The number of piperidine rings is 1. The zero-order valence-electron chi connectivity index (χ0n) is 13.9. The molecule has 0 aliphatic carbocycles. The summed E-state index contributed by atoms with van der Waals surface area (Å²) in [5.74, 6) is 0.293. The van der Waals surface area contributed by atoms with E-state index in [2.05, 4.69) is 4.98 Å². The zero-order chi connectivity index (χ0) is 16.4. The Morgan fingerprint density at radius 3 is 2.44 bits per heavy atom. The predicted octanol–water partition coefficient (Wildman–Crippen LogP) is 3.91. The Kier molecular flexibility index (Phi) is 8.28. The number of hydrogen-bond donors (Lipinski definition) is 1. The molecule has 0 bridgehead atoms. The van der Waals surface area contributed by atoms with Gasteiger partial charge in [0, 0.05) is 18.7 Å². The zero-order valence-corrected chi connectivity index (χ0v) is 16.4. The maximum atomic E-state index is 13.0. The van der Waals surface area contributed by atoms with Gasteiger partial charge in [-0.05, 0) is 56.5 Å². The summed E-state index contributed by atoms with van der Waals surface area (Å²) in [4.78, 5) is 19.8. The summed E-state index contributed by atoms with van der Waals surface area (Å²) < 4.78 is 13.0. The standard InChI is InChI=1S/C17H20FN3OS.2ClH/c1-11-15(17(22)21-8-6-12(10-19)7-9-21)23-16(20-11)13-2-4-14(18)5-3-13;;/h2-5,12H,6-10,19H2,1H3;2*1H. The molecule has 1 aliphatic rings. The van der Waals surface area contributed by atoms with Crippen molar-refractivity contribution in [3.05, 3.63) is 40.7 Å². The summed E-state index contributed by atoms with van der Waals surface area (Å²) in [6, 6.07) is 6.19. The summed E-state index contributed by atoms with van der Waals surface area (Å²) >= 11 is 1.38. The highest BCUT2D eigenvalue weighted by Crippen LogP contribution is 2.30. The van der Waals surface area contributed by atoms with Crippen molar-refractivity contribution in [2.45, 2.75) is 19.8 Å². The fourth-order valence-corrected chi connectivity index (χ4v) is 3.87. The van der Waals surface area contributed by atoms with Crippen LogP contribution >= 0.6 is 36.2 Å². The number of aryl methyl sites for hydroxylation is 1. The second-order valence-electron chi connectivity index (χ2n) is 5.91. The molecule has 1 aromatic carbocycles. The largest absolute Gasteiger partial charge is 0.338 e. The molecule has 3 rings (SSSR count). The lowest BCUT2D eigenvalue weighted by Gasteiger charge is -2.31. The highest BCUT2D eigenvalue weighted by Gasteiger charge is 2.26. The lowest BCUT2D eigenvalue weighted by molar-refractivity contribution is 0.0697. The number of nitrogens with two attached hydrogens (primary N) is 1. The number of aromatic nitrogens is 1. The Labute approximate surface area is 163 Å². The number of carbonyl (C=O) groups excluding carboxylic acids is 1. The van der Waals surface area contributed by atoms with Crippen molar-refractivity contribution >= 4 is 42.1 Å². The van der Waals surface area contributed by atoms with Crippen LogP contribution in [0.4, 0.5) is 4.39 Å². The minimum absolute atomic E-state index is 0. The number of carbonyl (C=O) groups is 1. The van der Waals surface area contributed by atoms with E-state index in [1.807, 2.05) is 11.8 Å². The third-order valence-corrected chi connectivity index (χ3v) is 5.51. The number of likely N-dealkylation sites (tertiary alicyclic amines) is 1. The second-order valence-corrected chi connectivity index (χ2v) is 6.91. The summed E-state index contributed by atoms with van der Waals surface area (Å²) in [6.07, 6.45) is 1.93. The third kappa shape index (κ3) is 4.91. The Hall–Kier alpha value is -1.21. The molecule has 2 heterocycles. The van der Waals surface area contributed by atoms with Crippen LogP contribution in [0.5, 0.6) is 0 Å². The molecule has 1 fully saturated rings. The van der Waals surface area contributed by atoms with E-state index >= 15 is 0 Å². The summed E-state index contributed by atoms with van der Waals surface area (Å²) in [5.41, 5.74) is 7.27. The minimum Gasteiger partial charge on any atom is -0.338 e. The highest BCUT2D eigenvalue weighted by molar-refractivity contribution is 7.17. The van der Waals surface area contributed by atoms with E-state index in [9.17, 15) is 9.18 Å². The lowest BCUT2D eigenvalue weighted by Crippen LogP contribution is -2.40. The van der Waals surface area contributed by atoms with Crippen molar-refractivity contribution in [3.63, 3.8) is 0 Å². The van der Waals surface area contributed by atoms with Gasteiger partial charge in [0.05, 0.1) is 5.69 Å². The van der Waals surface area contributed by atoms with Crippen LogP contribution in [0.15, 0.2) is 24.3 Å². The highest BCUT2D eigenvalue weighted by atomic mass is 35.5. The van der Waals surface area contributed by atoms with Gasteiger partial charge in [0.2, 0.25) is 0 Å². The molecular formula is C17H22Cl2FN3OS. The summed E-state index contributed by atoms with van der Waals surface area (Å²) in [5, 5.41) is 0.752. The van der Waals surface area contributed by atoms with Crippen molar-refractivity contribution in [2.24, 2.45) is 11.7 Å². The van der Waals surface area contributed by atoms with Crippen LogP contribution in [0.3, 0.4) is 0 Å². The molecule has 8 heteroatoms. The fraction of sp³-hybridized carbons (Fsp3) is 0.412. The van der Waals surface area contributed by atoms with E-state index in [0.29, 0.717) is 17.3 Å². The monoisotopic (exact) mass is 405 g/mol. The molecule has 4 nitrogen and oxygen atoms in total. The number of amides is 1. The van der Waals surface area contributed by atoms with Crippen molar-refractivity contribution in [3.8, 4) is 10.6 Å². The second kappa shape index (κ2) is 9.48. The molecule has 1 amide bonds. The van der Waals surface area contributed by atoms with Gasteiger partial charge in [0.15, 0.2) is 0 Å². The number of hydrogen-bond acceptors (Lipinski definition) is 4. The van der Waals surface area contributed by atoms with E-state index in [1.54, 1.807) is 12.1 Å². The van der Waals surface area contributed by atoms with Gasteiger partial charge < -0.3 is 10.6 Å². The van der Waals surface area contributed by atoms with Crippen LogP contribution in [0.25, 0.3) is 10.6 Å². The van der Waals surface area contributed by atoms with Gasteiger partial charge in [0.25, 0.3) is 5.91 Å². The molecule has 0 spiro atoms. The number of benzene rings is 1. The van der Waals surface area contributed by atoms with E-state index in [0.717, 1.165) is 42.2 Å². The third-order valence-electron chi connectivity index (χ3n) is 4.32.